The van der Waals surface area contributed by atoms with Crippen molar-refractivity contribution >= 4 is 0 Å². The minimum Gasteiger partial charge on any atom is -0.376 e. The molecule has 0 spiro atoms. The van der Waals surface area contributed by atoms with Crippen LogP contribution in [0.1, 0.15) is 26.2 Å². The van der Waals surface area contributed by atoms with Crippen molar-refractivity contribution in [2.75, 3.05) is 40.4 Å². The molecule has 0 rings (SSSR count). The van der Waals surface area contributed by atoms with Gasteiger partial charge in [0, 0.05) is 6.61 Å². The lowest BCUT2D eigenvalue weighted by Gasteiger charge is -2.28. The fraction of sp³-hybridized carbons (Fsp3) is 0.833. The first kappa shape index (κ1) is 13.7. The first-order valence-corrected chi connectivity index (χ1v) is 5.63. The van der Waals surface area contributed by atoms with E-state index in [2.05, 4.69) is 27.6 Å². The molecule has 0 bridgehead atoms. The molecule has 0 N–H and O–H groups in total. The van der Waals surface area contributed by atoms with Gasteiger partial charge in [0.15, 0.2) is 0 Å². The van der Waals surface area contributed by atoms with Crippen LogP contribution in [0.3, 0.4) is 0 Å². The van der Waals surface area contributed by atoms with E-state index in [0.717, 1.165) is 30.8 Å². The van der Waals surface area contributed by atoms with Crippen LogP contribution in [0, 0.1) is 0 Å². The van der Waals surface area contributed by atoms with Gasteiger partial charge in [-0.2, -0.15) is 0 Å². The van der Waals surface area contributed by atoms with E-state index in [9.17, 15) is 0 Å². The summed E-state index contributed by atoms with van der Waals surface area (Å²) in [6.45, 7) is 9.83. The molecule has 14 heavy (non-hydrogen) atoms. The van der Waals surface area contributed by atoms with Gasteiger partial charge in [0.1, 0.15) is 6.54 Å². The highest BCUT2D eigenvalue weighted by Gasteiger charge is 2.11. The van der Waals surface area contributed by atoms with E-state index in [0.29, 0.717) is 0 Å². The van der Waals surface area contributed by atoms with Crippen molar-refractivity contribution in [2.45, 2.75) is 26.2 Å². The summed E-state index contributed by atoms with van der Waals surface area (Å²) in [6.07, 6.45) is 5.72. The quantitative estimate of drug-likeness (QED) is 0.315. The van der Waals surface area contributed by atoms with Crippen molar-refractivity contribution in [2.24, 2.45) is 0 Å². The normalized spacial score (nSPS) is 11.6. The number of rotatable bonds is 9. The molecule has 0 fully saturated rings. The molecule has 0 aromatic rings. The fourth-order valence-corrected chi connectivity index (χ4v) is 1.31. The Bertz CT molecular complexity index is 143. The van der Waals surface area contributed by atoms with Crippen molar-refractivity contribution in [3.63, 3.8) is 0 Å². The van der Waals surface area contributed by atoms with E-state index in [1.807, 2.05) is 6.08 Å². The van der Waals surface area contributed by atoms with Crippen LogP contribution in [0.15, 0.2) is 12.7 Å². The van der Waals surface area contributed by atoms with E-state index >= 15 is 0 Å². The van der Waals surface area contributed by atoms with Crippen LogP contribution in [0.2, 0.25) is 0 Å². The maximum absolute atomic E-state index is 5.57. The minimum atomic E-state index is 0.866. The van der Waals surface area contributed by atoms with Crippen LogP contribution >= 0.6 is 0 Å². The largest absolute Gasteiger partial charge is 0.376 e. The average Bonchev–Trinajstić information content (AvgIpc) is 2.11. The summed E-state index contributed by atoms with van der Waals surface area (Å²) in [5.41, 5.74) is 0. The van der Waals surface area contributed by atoms with E-state index in [4.69, 9.17) is 4.74 Å². The van der Waals surface area contributed by atoms with Gasteiger partial charge >= 0.3 is 0 Å². The van der Waals surface area contributed by atoms with Gasteiger partial charge in [0.05, 0.1) is 27.2 Å². The third-order valence-electron chi connectivity index (χ3n) is 2.36. The molecule has 0 aliphatic carbocycles. The highest BCUT2D eigenvalue weighted by Crippen LogP contribution is 1.98. The Hall–Kier alpha value is -0.340. The summed E-state index contributed by atoms with van der Waals surface area (Å²) in [6, 6.07) is 0. The predicted molar refractivity (Wildman–Crippen MR) is 62.4 cm³/mol. The maximum atomic E-state index is 5.57. The van der Waals surface area contributed by atoms with Crippen LogP contribution in [-0.2, 0) is 4.74 Å². The van der Waals surface area contributed by atoms with Gasteiger partial charge in [-0.3, -0.25) is 0 Å². The third kappa shape index (κ3) is 8.27. The van der Waals surface area contributed by atoms with E-state index < -0.39 is 0 Å². The number of ether oxygens (including phenoxy) is 1. The van der Waals surface area contributed by atoms with Crippen LogP contribution in [0.5, 0.6) is 0 Å². The predicted octanol–water partition coefficient (Wildman–Crippen LogP) is 2.46. The molecule has 2 nitrogen and oxygen atoms in total. The van der Waals surface area contributed by atoms with Crippen molar-refractivity contribution in [3.8, 4) is 0 Å². The number of quaternary nitrogens is 1. The Kier molecular flexibility index (Phi) is 7.81. The first-order chi connectivity index (χ1) is 6.62. The lowest BCUT2D eigenvalue weighted by Crippen LogP contribution is -2.42. The smallest absolute Gasteiger partial charge is 0.102 e. The van der Waals surface area contributed by atoms with E-state index in [1.54, 1.807) is 0 Å². The second kappa shape index (κ2) is 8.01. The lowest BCUT2D eigenvalue weighted by atomic mass is 10.3. The molecule has 0 heterocycles. The Morgan fingerprint density at radius 3 is 2.50 bits per heavy atom. The van der Waals surface area contributed by atoms with Crippen molar-refractivity contribution in [3.05, 3.63) is 12.7 Å². The standard InChI is InChI=1S/C12H26NO/c1-5-7-8-11-14-12-10-13(3,4)9-6-2/h6H,2,5,7-12H2,1,3-4H3/q+1. The second-order valence-corrected chi connectivity index (χ2v) is 4.45. The van der Waals surface area contributed by atoms with Gasteiger partial charge in [0.25, 0.3) is 0 Å². The summed E-state index contributed by atoms with van der Waals surface area (Å²) in [5, 5.41) is 0. The summed E-state index contributed by atoms with van der Waals surface area (Å²) in [4.78, 5) is 0. The van der Waals surface area contributed by atoms with Crippen molar-refractivity contribution in [1.29, 1.82) is 0 Å². The summed E-state index contributed by atoms with van der Waals surface area (Å²) >= 11 is 0. The summed E-state index contributed by atoms with van der Waals surface area (Å²) < 4.78 is 6.54. The Morgan fingerprint density at radius 2 is 1.93 bits per heavy atom. The van der Waals surface area contributed by atoms with Gasteiger partial charge in [-0.25, -0.2) is 0 Å². The Morgan fingerprint density at radius 1 is 1.21 bits per heavy atom. The molecule has 2 heteroatoms. The molecule has 0 aliphatic heterocycles. The van der Waals surface area contributed by atoms with E-state index in [1.165, 1.54) is 19.3 Å². The average molecular weight is 200 g/mol. The van der Waals surface area contributed by atoms with Crippen molar-refractivity contribution < 1.29 is 9.22 Å². The molecule has 0 atom stereocenters. The lowest BCUT2D eigenvalue weighted by molar-refractivity contribution is -0.884. The molecule has 0 unspecified atom stereocenters. The van der Waals surface area contributed by atoms with Gasteiger partial charge in [-0.1, -0.05) is 26.3 Å². The zero-order valence-corrected chi connectivity index (χ0v) is 10.1. The van der Waals surface area contributed by atoms with Crippen LogP contribution in [0.25, 0.3) is 0 Å². The van der Waals surface area contributed by atoms with Gasteiger partial charge in [-0.05, 0) is 12.5 Å². The van der Waals surface area contributed by atoms with Crippen LogP contribution in [-0.4, -0.2) is 44.9 Å². The van der Waals surface area contributed by atoms with Gasteiger partial charge in [-0.15, -0.1) is 0 Å². The van der Waals surface area contributed by atoms with Crippen LogP contribution in [0.4, 0.5) is 0 Å². The third-order valence-corrected chi connectivity index (χ3v) is 2.36. The molecule has 0 aromatic heterocycles. The molecule has 0 aliphatic rings. The molecule has 0 aromatic carbocycles. The molecular weight excluding hydrogens is 174 g/mol. The number of hydrogen-bond acceptors (Lipinski definition) is 1. The minimum absolute atomic E-state index is 0.866. The monoisotopic (exact) mass is 200 g/mol. The summed E-state index contributed by atoms with van der Waals surface area (Å²) in [5.74, 6) is 0. The fourth-order valence-electron chi connectivity index (χ4n) is 1.31. The molecule has 84 valence electrons. The maximum Gasteiger partial charge on any atom is 0.102 e. The number of unbranched alkanes of at least 4 members (excludes halogenated alkanes) is 2. The SMILES string of the molecule is C=CC[N+](C)(C)CCOCCCCC. The number of hydrogen-bond donors (Lipinski definition) is 0. The molecule has 0 radical (unpaired) electrons. The number of nitrogens with zero attached hydrogens (tertiary/aromatic N) is 1. The van der Waals surface area contributed by atoms with Gasteiger partial charge < -0.3 is 9.22 Å². The topological polar surface area (TPSA) is 9.23 Å². The molecular formula is C12H26NO+. The highest BCUT2D eigenvalue weighted by atomic mass is 16.5. The van der Waals surface area contributed by atoms with Crippen LogP contribution < -0.4 is 0 Å². The molecule has 0 saturated heterocycles. The zero-order chi connectivity index (χ0) is 10.9. The Labute approximate surface area is 89.1 Å². The van der Waals surface area contributed by atoms with E-state index in [-0.39, 0.29) is 0 Å². The number of likely N-dealkylation sites (N-methyl/N-ethyl adjacent to an activating group) is 1. The first-order valence-electron chi connectivity index (χ1n) is 5.63. The highest BCUT2D eigenvalue weighted by molar-refractivity contribution is 4.64. The van der Waals surface area contributed by atoms with Gasteiger partial charge in [0.2, 0.25) is 0 Å². The van der Waals surface area contributed by atoms with Crippen molar-refractivity contribution in [1.82, 2.24) is 0 Å². The Balaban J connectivity index is 3.30. The zero-order valence-electron chi connectivity index (χ0n) is 10.1. The molecule has 0 amide bonds. The molecule has 0 saturated carbocycles. The summed E-state index contributed by atoms with van der Waals surface area (Å²) in [7, 11) is 4.41. The second-order valence-electron chi connectivity index (χ2n) is 4.45.